The van der Waals surface area contributed by atoms with Gasteiger partial charge in [0.15, 0.2) is 0 Å². The van der Waals surface area contributed by atoms with Gasteiger partial charge in [0.1, 0.15) is 17.3 Å². The maximum absolute atomic E-state index is 11.7. The van der Waals surface area contributed by atoms with Crippen LogP contribution >= 0.6 is 11.6 Å². The molecule has 78 valence electrons. The molecule has 0 radical (unpaired) electrons. The molecule has 0 bridgehead atoms. The van der Waals surface area contributed by atoms with Gasteiger partial charge in [0.25, 0.3) is 0 Å². The van der Waals surface area contributed by atoms with Crippen molar-refractivity contribution in [3.8, 4) is 0 Å². The predicted octanol–water partition coefficient (Wildman–Crippen LogP) is 2.03. The lowest BCUT2D eigenvalue weighted by molar-refractivity contribution is -0.119. The molecule has 1 N–H and O–H groups in total. The SMILES string of the molecule is O=C(Nc1cc(Cl)ncn1)C1CC=CC1. The average Bonchev–Trinajstić information content (AvgIpc) is 2.70. The molecule has 4 nitrogen and oxygen atoms in total. The molecule has 0 fully saturated rings. The molecule has 2 rings (SSSR count). The fourth-order valence-corrected chi connectivity index (χ4v) is 1.61. The van der Waals surface area contributed by atoms with Crippen molar-refractivity contribution in [2.75, 3.05) is 5.32 Å². The Labute approximate surface area is 92.4 Å². The summed E-state index contributed by atoms with van der Waals surface area (Å²) in [5.74, 6) is 0.459. The lowest BCUT2D eigenvalue weighted by Crippen LogP contribution is -2.21. The van der Waals surface area contributed by atoms with Gasteiger partial charge in [-0.3, -0.25) is 4.79 Å². The molecular weight excluding hydrogens is 214 g/mol. The maximum Gasteiger partial charge on any atom is 0.229 e. The number of nitrogens with zero attached hydrogens (tertiary/aromatic N) is 2. The number of aromatic nitrogens is 2. The van der Waals surface area contributed by atoms with Gasteiger partial charge in [-0.1, -0.05) is 23.8 Å². The van der Waals surface area contributed by atoms with E-state index >= 15 is 0 Å². The van der Waals surface area contributed by atoms with Crippen LogP contribution in [-0.2, 0) is 4.79 Å². The van der Waals surface area contributed by atoms with Crippen LogP contribution in [0.1, 0.15) is 12.8 Å². The quantitative estimate of drug-likeness (QED) is 0.617. The molecule has 1 aliphatic carbocycles. The van der Waals surface area contributed by atoms with Gasteiger partial charge in [-0.2, -0.15) is 0 Å². The maximum atomic E-state index is 11.7. The van der Waals surface area contributed by atoms with Gasteiger partial charge in [-0.15, -0.1) is 0 Å². The van der Waals surface area contributed by atoms with E-state index in [9.17, 15) is 4.79 Å². The molecule has 15 heavy (non-hydrogen) atoms. The van der Waals surface area contributed by atoms with Crippen molar-refractivity contribution in [1.82, 2.24) is 9.97 Å². The summed E-state index contributed by atoms with van der Waals surface area (Å²) in [7, 11) is 0. The molecular formula is C10H10ClN3O. The van der Waals surface area contributed by atoms with Crippen molar-refractivity contribution in [3.05, 3.63) is 29.7 Å². The van der Waals surface area contributed by atoms with Crippen LogP contribution in [0, 0.1) is 5.92 Å². The summed E-state index contributed by atoms with van der Waals surface area (Å²) in [4.78, 5) is 19.3. The Kier molecular flexibility index (Phi) is 2.97. The topological polar surface area (TPSA) is 54.9 Å². The highest BCUT2D eigenvalue weighted by molar-refractivity contribution is 6.29. The van der Waals surface area contributed by atoms with E-state index < -0.39 is 0 Å². The number of anilines is 1. The minimum Gasteiger partial charge on any atom is -0.310 e. The third-order valence-corrected chi connectivity index (χ3v) is 2.47. The Hall–Kier alpha value is -1.42. The van der Waals surface area contributed by atoms with Gasteiger partial charge in [0.05, 0.1) is 0 Å². The second-order valence-electron chi connectivity index (χ2n) is 3.35. The fourth-order valence-electron chi connectivity index (χ4n) is 1.46. The molecule has 0 spiro atoms. The zero-order valence-electron chi connectivity index (χ0n) is 7.98. The number of hydrogen-bond acceptors (Lipinski definition) is 3. The van der Waals surface area contributed by atoms with Crippen molar-refractivity contribution in [1.29, 1.82) is 0 Å². The van der Waals surface area contributed by atoms with Crippen molar-refractivity contribution in [3.63, 3.8) is 0 Å². The Bertz CT molecular complexity index is 397. The number of halogens is 1. The standard InChI is InChI=1S/C10H10ClN3O/c11-8-5-9(13-6-12-8)14-10(15)7-3-1-2-4-7/h1-2,5-7H,3-4H2,(H,12,13,14,15). The van der Waals surface area contributed by atoms with Crippen LogP contribution in [0.25, 0.3) is 0 Å². The number of hydrogen-bond donors (Lipinski definition) is 1. The highest BCUT2D eigenvalue weighted by Crippen LogP contribution is 2.19. The van der Waals surface area contributed by atoms with Crippen LogP contribution in [0.15, 0.2) is 24.5 Å². The minimum atomic E-state index is -0.0187. The van der Waals surface area contributed by atoms with Crippen LogP contribution < -0.4 is 5.32 Å². The third-order valence-electron chi connectivity index (χ3n) is 2.26. The molecule has 1 aliphatic rings. The lowest BCUT2D eigenvalue weighted by Gasteiger charge is -2.09. The summed E-state index contributed by atoms with van der Waals surface area (Å²) in [5.41, 5.74) is 0. The Morgan fingerprint density at radius 3 is 2.80 bits per heavy atom. The number of carbonyl (C=O) groups is 1. The van der Waals surface area contributed by atoms with Gasteiger partial charge < -0.3 is 5.32 Å². The monoisotopic (exact) mass is 223 g/mol. The first-order valence-electron chi connectivity index (χ1n) is 4.69. The van der Waals surface area contributed by atoms with E-state index in [2.05, 4.69) is 15.3 Å². The zero-order valence-corrected chi connectivity index (χ0v) is 8.74. The van der Waals surface area contributed by atoms with E-state index in [-0.39, 0.29) is 11.8 Å². The van der Waals surface area contributed by atoms with Gasteiger partial charge >= 0.3 is 0 Å². The van der Waals surface area contributed by atoms with Crippen molar-refractivity contribution < 1.29 is 4.79 Å². The summed E-state index contributed by atoms with van der Waals surface area (Å²) >= 11 is 5.67. The number of allylic oxidation sites excluding steroid dienone is 2. The molecule has 5 heteroatoms. The van der Waals surface area contributed by atoms with Gasteiger partial charge in [-0.25, -0.2) is 9.97 Å². The zero-order chi connectivity index (χ0) is 10.7. The summed E-state index contributed by atoms with van der Waals surface area (Å²) < 4.78 is 0. The largest absolute Gasteiger partial charge is 0.310 e. The average molecular weight is 224 g/mol. The molecule has 0 aliphatic heterocycles. The second-order valence-corrected chi connectivity index (χ2v) is 3.74. The number of nitrogens with one attached hydrogen (secondary N) is 1. The first-order valence-corrected chi connectivity index (χ1v) is 5.07. The van der Waals surface area contributed by atoms with Gasteiger partial charge in [0, 0.05) is 12.0 Å². The van der Waals surface area contributed by atoms with Crippen molar-refractivity contribution in [2.45, 2.75) is 12.8 Å². The van der Waals surface area contributed by atoms with Crippen LogP contribution in [0.2, 0.25) is 5.15 Å². The van der Waals surface area contributed by atoms with E-state index in [1.807, 2.05) is 12.2 Å². The van der Waals surface area contributed by atoms with E-state index in [1.54, 1.807) is 0 Å². The van der Waals surface area contributed by atoms with E-state index in [0.29, 0.717) is 11.0 Å². The first-order chi connectivity index (χ1) is 7.25. The van der Waals surface area contributed by atoms with Crippen LogP contribution in [0.4, 0.5) is 5.82 Å². The van der Waals surface area contributed by atoms with Crippen LogP contribution in [0.3, 0.4) is 0 Å². The Morgan fingerprint density at radius 1 is 1.40 bits per heavy atom. The molecule has 0 aromatic carbocycles. The summed E-state index contributed by atoms with van der Waals surface area (Å²) in [5, 5.41) is 3.03. The number of rotatable bonds is 2. The van der Waals surface area contributed by atoms with Gasteiger partial charge in [-0.05, 0) is 12.8 Å². The fraction of sp³-hybridized carbons (Fsp3) is 0.300. The number of amides is 1. The van der Waals surface area contributed by atoms with Crippen molar-refractivity contribution in [2.24, 2.45) is 5.92 Å². The van der Waals surface area contributed by atoms with Gasteiger partial charge in [0.2, 0.25) is 5.91 Å². The molecule has 1 aromatic rings. The molecule has 0 atom stereocenters. The van der Waals surface area contributed by atoms with Crippen molar-refractivity contribution >= 4 is 23.3 Å². The number of carbonyl (C=O) groups excluding carboxylic acids is 1. The minimum absolute atomic E-state index is 0.0187. The van der Waals surface area contributed by atoms with Crippen LogP contribution in [-0.4, -0.2) is 15.9 Å². The predicted molar refractivity (Wildman–Crippen MR) is 57.5 cm³/mol. The van der Waals surface area contributed by atoms with E-state index in [0.717, 1.165) is 12.8 Å². The third kappa shape index (κ3) is 2.53. The summed E-state index contributed by atoms with van der Waals surface area (Å²) in [6, 6.07) is 1.53. The summed E-state index contributed by atoms with van der Waals surface area (Å²) in [6.07, 6.45) is 6.94. The summed E-state index contributed by atoms with van der Waals surface area (Å²) in [6.45, 7) is 0. The molecule has 1 aromatic heterocycles. The Morgan fingerprint density at radius 2 is 2.13 bits per heavy atom. The Balaban J connectivity index is 1.99. The second kappa shape index (κ2) is 4.40. The molecule has 0 saturated heterocycles. The lowest BCUT2D eigenvalue weighted by atomic mass is 10.1. The molecule has 1 heterocycles. The van der Waals surface area contributed by atoms with E-state index in [4.69, 9.17) is 11.6 Å². The molecule has 0 saturated carbocycles. The smallest absolute Gasteiger partial charge is 0.229 e. The molecule has 1 amide bonds. The first kappa shape index (κ1) is 10.1. The highest BCUT2D eigenvalue weighted by Gasteiger charge is 2.19. The van der Waals surface area contributed by atoms with Crippen LogP contribution in [0.5, 0.6) is 0 Å². The van der Waals surface area contributed by atoms with E-state index in [1.165, 1.54) is 12.4 Å². The molecule has 0 unspecified atom stereocenters. The normalized spacial score (nSPS) is 15.5. The highest BCUT2D eigenvalue weighted by atomic mass is 35.5.